The van der Waals surface area contributed by atoms with Crippen LogP contribution >= 0.6 is 23.2 Å². The Hall–Kier alpha value is -2.77. The zero-order valence-corrected chi connectivity index (χ0v) is 18.6. The van der Waals surface area contributed by atoms with Crippen molar-refractivity contribution in [2.75, 3.05) is 18.5 Å². The Labute approximate surface area is 184 Å². The molecule has 1 heterocycles. The largest absolute Gasteiger partial charge is 0.486 e. The number of anilines is 1. The van der Waals surface area contributed by atoms with Gasteiger partial charge in [0.1, 0.15) is 23.7 Å². The summed E-state index contributed by atoms with van der Waals surface area (Å²) in [6.45, 7) is 3.25. The number of ether oxygens (including phenoxy) is 1. The summed E-state index contributed by atoms with van der Waals surface area (Å²) in [6.07, 6.45) is 0. The number of aryl methyl sites for hydroxylation is 2. The summed E-state index contributed by atoms with van der Waals surface area (Å²) in [5.74, 6) is 0.893. The molecule has 0 fully saturated rings. The van der Waals surface area contributed by atoms with Crippen molar-refractivity contribution in [2.45, 2.75) is 20.5 Å². The molecule has 158 valence electrons. The van der Waals surface area contributed by atoms with Crippen LogP contribution in [0.25, 0.3) is 11.0 Å². The second-order valence-electron chi connectivity index (χ2n) is 6.85. The second-order valence-corrected chi connectivity index (χ2v) is 7.64. The maximum absolute atomic E-state index is 12.3. The molecule has 7 nitrogen and oxygen atoms in total. The predicted molar refractivity (Wildman–Crippen MR) is 118 cm³/mol. The predicted octanol–water partition coefficient (Wildman–Crippen LogP) is 3.87. The van der Waals surface area contributed by atoms with E-state index in [0.717, 1.165) is 16.9 Å². The average molecular weight is 449 g/mol. The van der Waals surface area contributed by atoms with Gasteiger partial charge in [0, 0.05) is 31.6 Å². The minimum atomic E-state index is -0.310. The number of nitrogens with zero attached hydrogens (tertiary/aromatic N) is 3. The van der Waals surface area contributed by atoms with E-state index in [4.69, 9.17) is 27.9 Å². The molecule has 0 aliphatic carbocycles. The number of rotatable bonds is 6. The Morgan fingerprint density at radius 2 is 1.97 bits per heavy atom. The van der Waals surface area contributed by atoms with Crippen LogP contribution in [0.2, 0.25) is 10.0 Å². The number of hydrogen-bond acceptors (Lipinski definition) is 4. The third-order valence-electron chi connectivity index (χ3n) is 4.86. The van der Waals surface area contributed by atoms with Gasteiger partial charge < -0.3 is 19.5 Å². The molecule has 0 aliphatic heterocycles. The highest BCUT2D eigenvalue weighted by Crippen LogP contribution is 2.35. The van der Waals surface area contributed by atoms with Crippen molar-refractivity contribution in [2.24, 2.45) is 7.05 Å². The molecular formula is C21H22Cl2N4O3. The van der Waals surface area contributed by atoms with Crippen LogP contribution < -0.4 is 15.0 Å². The Balaban J connectivity index is 1.85. The van der Waals surface area contributed by atoms with Gasteiger partial charge in [0.2, 0.25) is 11.8 Å². The van der Waals surface area contributed by atoms with Crippen molar-refractivity contribution < 1.29 is 14.3 Å². The maximum Gasteiger partial charge on any atom is 0.246 e. The summed E-state index contributed by atoms with van der Waals surface area (Å²) in [6, 6.07) is 9.02. The SMILES string of the molecule is CC(=O)NCC(=O)N(C)c1ccc(Cl)c(COc2cccc3c2nc(C)n3C)c1Cl. The van der Waals surface area contributed by atoms with Crippen LogP contribution in [0.4, 0.5) is 5.69 Å². The fraction of sp³-hybridized carbons (Fsp3) is 0.286. The highest BCUT2D eigenvalue weighted by molar-refractivity contribution is 6.38. The molecule has 0 aliphatic rings. The fourth-order valence-corrected chi connectivity index (χ4v) is 3.61. The number of imidazole rings is 1. The van der Waals surface area contributed by atoms with E-state index in [9.17, 15) is 9.59 Å². The summed E-state index contributed by atoms with van der Waals surface area (Å²) < 4.78 is 7.99. The number of hydrogen-bond donors (Lipinski definition) is 1. The summed E-state index contributed by atoms with van der Waals surface area (Å²) >= 11 is 12.9. The van der Waals surface area contributed by atoms with E-state index in [-0.39, 0.29) is 25.0 Å². The lowest BCUT2D eigenvalue weighted by Crippen LogP contribution is -2.37. The van der Waals surface area contributed by atoms with Gasteiger partial charge in [-0.05, 0) is 31.2 Å². The van der Waals surface area contributed by atoms with Crippen molar-refractivity contribution in [1.82, 2.24) is 14.9 Å². The zero-order chi connectivity index (χ0) is 22.0. The van der Waals surface area contributed by atoms with E-state index in [1.54, 1.807) is 19.2 Å². The molecule has 30 heavy (non-hydrogen) atoms. The number of carbonyl (C=O) groups is 2. The van der Waals surface area contributed by atoms with Crippen molar-refractivity contribution in [3.8, 4) is 5.75 Å². The van der Waals surface area contributed by atoms with Gasteiger partial charge in [-0.2, -0.15) is 0 Å². The number of amides is 2. The highest BCUT2D eigenvalue weighted by Gasteiger charge is 2.19. The molecule has 1 N–H and O–H groups in total. The number of fused-ring (bicyclic) bond motifs is 1. The standard InChI is InChI=1S/C21H22Cl2N4O3/c1-12-25-21-17(26(12)3)6-5-7-18(21)30-11-14-15(22)8-9-16(20(14)23)27(4)19(29)10-24-13(2)28/h5-9H,10-11H2,1-4H3,(H,24,28). The quantitative estimate of drug-likeness (QED) is 0.620. The Morgan fingerprint density at radius 1 is 1.23 bits per heavy atom. The molecular weight excluding hydrogens is 427 g/mol. The van der Waals surface area contributed by atoms with Crippen molar-refractivity contribution in [3.05, 3.63) is 51.8 Å². The smallest absolute Gasteiger partial charge is 0.246 e. The van der Waals surface area contributed by atoms with Gasteiger partial charge in [0.05, 0.1) is 22.8 Å². The number of para-hydroxylation sites is 1. The second kappa shape index (κ2) is 8.93. The average Bonchev–Trinajstić information content (AvgIpc) is 3.00. The van der Waals surface area contributed by atoms with E-state index in [1.807, 2.05) is 36.7 Å². The topological polar surface area (TPSA) is 76.5 Å². The Bertz CT molecular complexity index is 1130. The van der Waals surface area contributed by atoms with Crippen LogP contribution in [0.15, 0.2) is 30.3 Å². The molecule has 9 heteroatoms. The summed E-state index contributed by atoms with van der Waals surface area (Å²) in [5, 5.41) is 3.22. The van der Waals surface area contributed by atoms with Gasteiger partial charge in [-0.15, -0.1) is 0 Å². The maximum atomic E-state index is 12.3. The summed E-state index contributed by atoms with van der Waals surface area (Å²) in [5.41, 5.74) is 2.74. The van der Waals surface area contributed by atoms with Crippen LogP contribution in [0.5, 0.6) is 5.75 Å². The van der Waals surface area contributed by atoms with Crippen LogP contribution in [-0.4, -0.2) is 35.0 Å². The van der Waals surface area contributed by atoms with Crippen molar-refractivity contribution in [1.29, 1.82) is 0 Å². The first-order chi connectivity index (χ1) is 14.2. The van der Waals surface area contributed by atoms with E-state index in [2.05, 4.69) is 10.3 Å². The monoisotopic (exact) mass is 448 g/mol. The molecule has 0 atom stereocenters. The minimum Gasteiger partial charge on any atom is -0.486 e. The third kappa shape index (κ3) is 4.37. The number of nitrogens with one attached hydrogen (secondary N) is 1. The lowest BCUT2D eigenvalue weighted by molar-refractivity contribution is -0.123. The molecule has 3 rings (SSSR count). The Kier molecular flexibility index (Phi) is 6.53. The molecule has 0 bridgehead atoms. The first-order valence-electron chi connectivity index (χ1n) is 9.23. The fourth-order valence-electron chi connectivity index (χ4n) is 3.00. The van der Waals surface area contributed by atoms with Crippen LogP contribution in [0, 0.1) is 6.92 Å². The zero-order valence-electron chi connectivity index (χ0n) is 17.1. The number of halogens is 2. The highest BCUT2D eigenvalue weighted by atomic mass is 35.5. The van der Waals surface area contributed by atoms with Gasteiger partial charge in [0.15, 0.2) is 0 Å². The molecule has 2 aromatic carbocycles. The molecule has 3 aromatic rings. The van der Waals surface area contributed by atoms with Gasteiger partial charge >= 0.3 is 0 Å². The first-order valence-corrected chi connectivity index (χ1v) is 9.99. The van der Waals surface area contributed by atoms with E-state index < -0.39 is 0 Å². The minimum absolute atomic E-state index is 0.105. The lowest BCUT2D eigenvalue weighted by atomic mass is 10.2. The molecule has 0 radical (unpaired) electrons. The van der Waals surface area contributed by atoms with Crippen LogP contribution in [-0.2, 0) is 23.2 Å². The third-order valence-corrected chi connectivity index (χ3v) is 5.64. The molecule has 0 saturated heterocycles. The summed E-state index contributed by atoms with van der Waals surface area (Å²) in [4.78, 5) is 29.3. The number of carbonyl (C=O) groups excluding carboxylic acids is 2. The molecule has 2 amide bonds. The number of likely N-dealkylation sites (N-methyl/N-ethyl adjacent to an activating group) is 1. The molecule has 0 spiro atoms. The molecule has 0 unspecified atom stereocenters. The van der Waals surface area contributed by atoms with Gasteiger partial charge in [0.25, 0.3) is 0 Å². The Morgan fingerprint density at radius 3 is 2.67 bits per heavy atom. The van der Waals surface area contributed by atoms with Crippen LogP contribution in [0.3, 0.4) is 0 Å². The van der Waals surface area contributed by atoms with Crippen molar-refractivity contribution in [3.63, 3.8) is 0 Å². The molecule has 1 aromatic heterocycles. The van der Waals surface area contributed by atoms with E-state index in [1.165, 1.54) is 11.8 Å². The number of benzene rings is 2. The van der Waals surface area contributed by atoms with Gasteiger partial charge in [-0.3, -0.25) is 9.59 Å². The first kappa shape index (κ1) is 21.9. The van der Waals surface area contributed by atoms with E-state index in [0.29, 0.717) is 27.0 Å². The van der Waals surface area contributed by atoms with Crippen LogP contribution in [0.1, 0.15) is 18.3 Å². The van der Waals surface area contributed by atoms with E-state index >= 15 is 0 Å². The van der Waals surface area contributed by atoms with Gasteiger partial charge in [-0.25, -0.2) is 4.98 Å². The molecule has 0 saturated carbocycles. The van der Waals surface area contributed by atoms with Gasteiger partial charge in [-0.1, -0.05) is 29.3 Å². The summed E-state index contributed by atoms with van der Waals surface area (Å²) in [7, 11) is 3.53. The van der Waals surface area contributed by atoms with Crippen molar-refractivity contribution >= 4 is 51.7 Å². The number of aromatic nitrogens is 2. The normalized spacial score (nSPS) is 10.9. The lowest BCUT2D eigenvalue weighted by Gasteiger charge is -2.21.